The molecule has 2 aromatic rings. The molecular formula is C12H18N4O3S. The highest BCUT2D eigenvalue weighted by atomic mass is 32.2. The van der Waals surface area contributed by atoms with Crippen LogP contribution in [0.4, 0.5) is 5.69 Å². The summed E-state index contributed by atoms with van der Waals surface area (Å²) in [6.07, 6.45) is 4.11. The molecule has 2 heterocycles. The number of anilines is 1. The molecule has 2 aromatic heterocycles. The van der Waals surface area contributed by atoms with Crippen molar-refractivity contribution in [3.63, 3.8) is 0 Å². The van der Waals surface area contributed by atoms with Crippen LogP contribution >= 0.6 is 11.8 Å². The Labute approximate surface area is 120 Å². The number of H-pyrrole nitrogens is 2. The largest absolute Gasteiger partial charge is 0.394 e. The van der Waals surface area contributed by atoms with Crippen molar-refractivity contribution in [3.8, 4) is 0 Å². The van der Waals surface area contributed by atoms with Gasteiger partial charge in [0, 0.05) is 19.0 Å². The summed E-state index contributed by atoms with van der Waals surface area (Å²) in [5, 5.41) is 19.1. The number of hydrogen-bond donors (Lipinski definition) is 4. The van der Waals surface area contributed by atoms with E-state index in [1.54, 1.807) is 18.0 Å². The van der Waals surface area contributed by atoms with Crippen LogP contribution in [0.5, 0.6) is 0 Å². The van der Waals surface area contributed by atoms with Gasteiger partial charge in [-0.1, -0.05) is 0 Å². The molecule has 0 fully saturated rings. The monoisotopic (exact) mass is 298 g/mol. The van der Waals surface area contributed by atoms with Gasteiger partial charge in [0.05, 0.1) is 30.8 Å². The second kappa shape index (κ2) is 6.29. The van der Waals surface area contributed by atoms with Crippen molar-refractivity contribution in [1.82, 2.24) is 15.0 Å². The molecule has 0 spiro atoms. The molecule has 4 N–H and O–H groups in total. The Balaban J connectivity index is 2.41. The molecule has 8 heteroatoms. The molecule has 0 radical (unpaired) electrons. The summed E-state index contributed by atoms with van der Waals surface area (Å²) < 4.78 is 0. The Morgan fingerprint density at radius 1 is 1.50 bits per heavy atom. The van der Waals surface area contributed by atoms with Crippen molar-refractivity contribution in [1.29, 1.82) is 0 Å². The second-order valence-electron chi connectivity index (χ2n) is 4.51. The van der Waals surface area contributed by atoms with Crippen molar-refractivity contribution in [2.45, 2.75) is 12.1 Å². The molecule has 0 aliphatic carbocycles. The van der Waals surface area contributed by atoms with E-state index in [1.165, 1.54) is 6.33 Å². The van der Waals surface area contributed by atoms with E-state index in [1.807, 2.05) is 18.2 Å². The normalized spacial score (nSPS) is 14.4. The van der Waals surface area contributed by atoms with Crippen molar-refractivity contribution in [2.24, 2.45) is 0 Å². The molecule has 0 amide bonds. The Morgan fingerprint density at radius 3 is 2.90 bits per heavy atom. The number of hydrogen-bond acceptors (Lipinski definition) is 6. The van der Waals surface area contributed by atoms with Crippen LogP contribution in [-0.4, -0.2) is 63.0 Å². The minimum absolute atomic E-state index is 0.237. The van der Waals surface area contributed by atoms with Gasteiger partial charge in [0.15, 0.2) is 0 Å². The average molecular weight is 298 g/mol. The molecule has 0 unspecified atom stereocenters. The van der Waals surface area contributed by atoms with Crippen LogP contribution in [0.25, 0.3) is 11.0 Å². The van der Waals surface area contributed by atoms with Crippen molar-refractivity contribution in [2.75, 3.05) is 30.6 Å². The van der Waals surface area contributed by atoms with Crippen molar-refractivity contribution in [3.05, 3.63) is 22.9 Å². The van der Waals surface area contributed by atoms with Crippen LogP contribution in [0.1, 0.15) is 0 Å². The maximum Gasteiger partial charge on any atom is 0.275 e. The van der Waals surface area contributed by atoms with E-state index < -0.39 is 6.10 Å². The van der Waals surface area contributed by atoms with Crippen LogP contribution in [0.2, 0.25) is 0 Å². The minimum atomic E-state index is -0.862. The Hall–Kier alpha value is -1.51. The minimum Gasteiger partial charge on any atom is -0.394 e. The lowest BCUT2D eigenvalue weighted by atomic mass is 10.1. The third-order valence-corrected chi connectivity index (χ3v) is 3.97. The summed E-state index contributed by atoms with van der Waals surface area (Å²) >= 11 is 1.58. The van der Waals surface area contributed by atoms with Crippen LogP contribution in [-0.2, 0) is 0 Å². The van der Waals surface area contributed by atoms with Gasteiger partial charge >= 0.3 is 0 Å². The maximum atomic E-state index is 11.7. The molecule has 110 valence electrons. The van der Waals surface area contributed by atoms with Crippen molar-refractivity contribution < 1.29 is 10.2 Å². The van der Waals surface area contributed by atoms with E-state index in [9.17, 15) is 15.0 Å². The van der Waals surface area contributed by atoms with Crippen LogP contribution in [0.3, 0.4) is 0 Å². The lowest BCUT2D eigenvalue weighted by molar-refractivity contribution is 0.0787. The molecule has 0 saturated carbocycles. The predicted octanol–water partition coefficient (Wildman–Crippen LogP) is -0.228. The quantitative estimate of drug-likeness (QED) is 0.587. The highest BCUT2D eigenvalue weighted by Crippen LogP contribution is 2.25. The van der Waals surface area contributed by atoms with E-state index in [0.717, 1.165) is 5.69 Å². The number of nitrogens with zero attached hydrogens (tertiary/aromatic N) is 2. The molecule has 20 heavy (non-hydrogen) atoms. The fourth-order valence-electron chi connectivity index (χ4n) is 2.16. The highest BCUT2D eigenvalue weighted by molar-refractivity contribution is 7.98. The van der Waals surface area contributed by atoms with Crippen molar-refractivity contribution >= 4 is 28.5 Å². The zero-order chi connectivity index (χ0) is 14.7. The molecular weight excluding hydrogens is 280 g/mol. The molecule has 0 aliphatic rings. The summed E-state index contributed by atoms with van der Waals surface area (Å²) in [7, 11) is 1.81. The maximum absolute atomic E-state index is 11.7. The number of aliphatic hydroxyl groups is 2. The van der Waals surface area contributed by atoms with Crippen LogP contribution in [0, 0.1) is 0 Å². The smallest absolute Gasteiger partial charge is 0.275 e. The number of aliphatic hydroxyl groups excluding tert-OH is 2. The number of fused-ring (bicyclic) bond motifs is 1. The summed E-state index contributed by atoms with van der Waals surface area (Å²) in [5.41, 5.74) is 1.43. The number of rotatable bonds is 6. The first-order chi connectivity index (χ1) is 9.60. The summed E-state index contributed by atoms with van der Waals surface area (Å²) in [6.45, 7) is -0.314. The van der Waals surface area contributed by atoms with Gasteiger partial charge in [-0.05, 0) is 6.26 Å². The second-order valence-corrected chi connectivity index (χ2v) is 5.42. The van der Waals surface area contributed by atoms with Gasteiger partial charge in [0.2, 0.25) is 0 Å². The average Bonchev–Trinajstić information content (AvgIpc) is 2.88. The molecule has 0 aliphatic heterocycles. The van der Waals surface area contributed by atoms with Gasteiger partial charge in [0.25, 0.3) is 5.56 Å². The molecule has 2 atom stereocenters. The number of aromatic amines is 2. The van der Waals surface area contributed by atoms with Gasteiger partial charge in [-0.15, -0.1) is 0 Å². The number of thioether (sulfide) groups is 1. The lowest BCUT2D eigenvalue weighted by Gasteiger charge is -2.31. The molecule has 7 nitrogen and oxygen atoms in total. The van der Waals surface area contributed by atoms with Gasteiger partial charge in [-0.2, -0.15) is 11.8 Å². The topological polar surface area (TPSA) is 105 Å². The fraction of sp³-hybridized carbons (Fsp3) is 0.500. The zero-order valence-electron chi connectivity index (χ0n) is 11.3. The first kappa shape index (κ1) is 14.9. The fourth-order valence-corrected chi connectivity index (χ4v) is 2.94. The van der Waals surface area contributed by atoms with Crippen LogP contribution in [0.15, 0.2) is 17.3 Å². The molecule has 2 rings (SSSR count). The Bertz CT molecular complexity index is 626. The van der Waals surface area contributed by atoms with Gasteiger partial charge in [-0.25, -0.2) is 4.98 Å². The van der Waals surface area contributed by atoms with E-state index in [-0.39, 0.29) is 18.2 Å². The Kier molecular flexibility index (Phi) is 4.69. The predicted molar refractivity (Wildman–Crippen MR) is 80.4 cm³/mol. The first-order valence-corrected chi connectivity index (χ1v) is 7.55. The van der Waals surface area contributed by atoms with E-state index in [2.05, 4.69) is 15.0 Å². The first-order valence-electron chi connectivity index (χ1n) is 6.15. The SMILES string of the molecule is CSC[C@H]([C@@H](O)CO)N(C)c1c[nH]c2c(=O)[nH]cnc12. The summed E-state index contributed by atoms with van der Waals surface area (Å²) in [5.74, 6) is 0.647. The third kappa shape index (κ3) is 2.67. The summed E-state index contributed by atoms with van der Waals surface area (Å²) in [6, 6.07) is -0.268. The lowest BCUT2D eigenvalue weighted by Crippen LogP contribution is -2.45. The summed E-state index contributed by atoms with van der Waals surface area (Å²) in [4.78, 5) is 23.1. The van der Waals surface area contributed by atoms with Gasteiger partial charge in [-0.3, -0.25) is 4.79 Å². The Morgan fingerprint density at radius 2 is 2.25 bits per heavy atom. The molecule has 0 saturated heterocycles. The number of nitrogens with one attached hydrogen (secondary N) is 2. The molecule has 0 aromatic carbocycles. The van der Waals surface area contributed by atoms with E-state index >= 15 is 0 Å². The van der Waals surface area contributed by atoms with E-state index in [0.29, 0.717) is 16.8 Å². The molecule has 0 bridgehead atoms. The third-order valence-electron chi connectivity index (χ3n) is 3.30. The van der Waals surface area contributed by atoms with Gasteiger partial charge in [0.1, 0.15) is 11.0 Å². The van der Waals surface area contributed by atoms with Gasteiger partial charge < -0.3 is 25.1 Å². The van der Waals surface area contributed by atoms with E-state index in [4.69, 9.17) is 0 Å². The zero-order valence-corrected chi connectivity index (χ0v) is 12.1. The number of aromatic nitrogens is 3. The highest BCUT2D eigenvalue weighted by Gasteiger charge is 2.25. The standard InChI is InChI=1S/C12H18N4O3S/c1-16(8(5-20-2)9(18)4-17)7-3-13-11-10(7)14-6-15-12(11)19/h3,6,8-9,13,17-18H,4-5H2,1-2H3,(H,14,15,19)/t8-,9+/m1/s1. The van der Waals surface area contributed by atoms with Crippen LogP contribution < -0.4 is 10.5 Å². The number of likely N-dealkylation sites (N-methyl/N-ethyl adjacent to an activating group) is 1.